The molecule has 0 saturated carbocycles. The van der Waals surface area contributed by atoms with E-state index in [-0.39, 0.29) is 11.4 Å². The number of anilines is 1. The average Bonchev–Trinajstić information content (AvgIpc) is 2.73. The highest BCUT2D eigenvalue weighted by molar-refractivity contribution is 5.55. The zero-order valence-electron chi connectivity index (χ0n) is 11.4. The Bertz CT molecular complexity index is 496. The first-order chi connectivity index (χ1) is 8.66. The zero-order chi connectivity index (χ0) is 14.8. The molecule has 1 heterocycles. The van der Waals surface area contributed by atoms with Crippen molar-refractivity contribution in [3.05, 3.63) is 35.6 Å². The predicted octanol–water partition coefficient (Wildman–Crippen LogP) is 3.88. The number of rotatable bonds is 4. The van der Waals surface area contributed by atoms with Gasteiger partial charge in [0.2, 0.25) is 0 Å². The van der Waals surface area contributed by atoms with E-state index in [4.69, 9.17) is 0 Å². The molecule has 0 bridgehead atoms. The minimum absolute atomic E-state index is 0.0746. The molecule has 0 aliphatic carbocycles. The fourth-order valence-electron chi connectivity index (χ4n) is 1.91. The van der Waals surface area contributed by atoms with E-state index in [0.29, 0.717) is 5.57 Å². The van der Waals surface area contributed by atoms with Gasteiger partial charge in [-0.3, -0.25) is 5.10 Å². The van der Waals surface area contributed by atoms with Crippen LogP contribution in [-0.4, -0.2) is 17.2 Å². The van der Waals surface area contributed by atoms with Crippen molar-refractivity contribution in [2.45, 2.75) is 32.4 Å². The molecule has 1 rings (SSSR count). The average molecular weight is 273 g/mol. The van der Waals surface area contributed by atoms with Gasteiger partial charge in [0.1, 0.15) is 5.69 Å². The van der Waals surface area contributed by atoms with Gasteiger partial charge in [-0.1, -0.05) is 32.6 Å². The molecular weight excluding hydrogens is 255 g/mol. The van der Waals surface area contributed by atoms with E-state index in [0.717, 1.165) is 0 Å². The number of hydrogen-bond donors (Lipinski definition) is 2. The standard InChI is InChI=1S/C13H18F3N3/c1-6-7-8(2)12(3,4)9-10(13(14,15)16)18-19-11(9)17-5/h6-7H,2H2,1,3-5H3,(H2,17,18,19). The number of halogens is 3. The Kier molecular flexibility index (Phi) is 4.12. The van der Waals surface area contributed by atoms with Gasteiger partial charge >= 0.3 is 6.18 Å². The second-order valence-corrected chi connectivity index (χ2v) is 4.72. The number of nitrogens with one attached hydrogen (secondary N) is 2. The molecule has 0 saturated heterocycles. The molecule has 0 aliphatic heterocycles. The predicted molar refractivity (Wildman–Crippen MR) is 70.1 cm³/mol. The van der Waals surface area contributed by atoms with Crippen molar-refractivity contribution in [1.82, 2.24) is 10.2 Å². The first kappa shape index (κ1) is 15.3. The van der Waals surface area contributed by atoms with Crippen molar-refractivity contribution in [2.24, 2.45) is 0 Å². The van der Waals surface area contributed by atoms with Crippen LogP contribution in [0.4, 0.5) is 19.0 Å². The van der Waals surface area contributed by atoms with Gasteiger partial charge in [-0.2, -0.15) is 18.3 Å². The normalized spacial score (nSPS) is 13.0. The first-order valence-electron chi connectivity index (χ1n) is 5.82. The van der Waals surface area contributed by atoms with E-state index in [1.54, 1.807) is 32.9 Å². The summed E-state index contributed by atoms with van der Waals surface area (Å²) >= 11 is 0. The van der Waals surface area contributed by atoms with Crippen molar-refractivity contribution in [3.8, 4) is 0 Å². The van der Waals surface area contributed by atoms with Gasteiger partial charge in [-0.25, -0.2) is 0 Å². The molecule has 0 unspecified atom stereocenters. The van der Waals surface area contributed by atoms with Gasteiger partial charge in [0.05, 0.1) is 0 Å². The summed E-state index contributed by atoms with van der Waals surface area (Å²) in [5.41, 5.74) is -1.07. The van der Waals surface area contributed by atoms with Crippen LogP contribution in [0.3, 0.4) is 0 Å². The molecule has 1 aromatic heterocycles. The minimum Gasteiger partial charge on any atom is -0.371 e. The smallest absolute Gasteiger partial charge is 0.371 e. The fraction of sp³-hybridized carbons (Fsp3) is 0.462. The number of aromatic amines is 1. The summed E-state index contributed by atoms with van der Waals surface area (Å²) in [7, 11) is 1.54. The zero-order valence-corrected chi connectivity index (χ0v) is 11.4. The quantitative estimate of drug-likeness (QED) is 0.817. The van der Waals surface area contributed by atoms with Crippen molar-refractivity contribution in [1.29, 1.82) is 0 Å². The lowest BCUT2D eigenvalue weighted by Gasteiger charge is -2.27. The van der Waals surface area contributed by atoms with Crippen molar-refractivity contribution < 1.29 is 13.2 Å². The molecular formula is C13H18F3N3. The monoisotopic (exact) mass is 273 g/mol. The lowest BCUT2D eigenvalue weighted by Crippen LogP contribution is -2.24. The minimum atomic E-state index is -4.48. The van der Waals surface area contributed by atoms with Gasteiger partial charge in [-0.15, -0.1) is 0 Å². The molecule has 6 heteroatoms. The summed E-state index contributed by atoms with van der Waals surface area (Å²) in [5.74, 6) is 0.183. The molecule has 0 aromatic carbocycles. The second kappa shape index (κ2) is 5.11. The molecule has 0 spiro atoms. The Balaban J connectivity index is 3.47. The van der Waals surface area contributed by atoms with Gasteiger partial charge in [0, 0.05) is 18.0 Å². The van der Waals surface area contributed by atoms with Gasteiger partial charge in [0.25, 0.3) is 0 Å². The molecule has 0 fully saturated rings. The van der Waals surface area contributed by atoms with Gasteiger partial charge < -0.3 is 5.32 Å². The van der Waals surface area contributed by atoms with Crippen molar-refractivity contribution >= 4 is 5.82 Å². The molecule has 1 aromatic rings. The van der Waals surface area contributed by atoms with Crippen molar-refractivity contribution in [3.63, 3.8) is 0 Å². The summed E-state index contributed by atoms with van der Waals surface area (Å²) in [6, 6.07) is 0. The number of hydrogen-bond acceptors (Lipinski definition) is 2. The maximum Gasteiger partial charge on any atom is 0.433 e. The molecule has 19 heavy (non-hydrogen) atoms. The van der Waals surface area contributed by atoms with E-state index in [1.807, 2.05) is 0 Å². The summed E-state index contributed by atoms with van der Waals surface area (Å²) in [4.78, 5) is 0. The van der Waals surface area contributed by atoms with Crippen LogP contribution in [0.15, 0.2) is 24.3 Å². The number of nitrogens with zero attached hydrogens (tertiary/aromatic N) is 1. The number of alkyl halides is 3. The highest BCUT2D eigenvalue weighted by atomic mass is 19.4. The highest BCUT2D eigenvalue weighted by Crippen LogP contribution is 2.43. The van der Waals surface area contributed by atoms with Crippen LogP contribution in [0.25, 0.3) is 0 Å². The topological polar surface area (TPSA) is 40.7 Å². The maximum atomic E-state index is 13.0. The van der Waals surface area contributed by atoms with Gasteiger partial charge in [-0.05, 0) is 12.5 Å². The SMILES string of the molecule is C=C(C=CC)C(C)(C)c1c(NC)n[nH]c1C(F)(F)F. The Morgan fingerprint density at radius 1 is 1.37 bits per heavy atom. The molecule has 0 atom stereocenters. The number of aromatic nitrogens is 2. The lowest BCUT2D eigenvalue weighted by molar-refractivity contribution is -0.142. The third-order valence-electron chi connectivity index (χ3n) is 3.08. The van der Waals surface area contributed by atoms with Crippen LogP contribution in [0, 0.1) is 0 Å². The summed E-state index contributed by atoms with van der Waals surface area (Å²) in [6.07, 6.45) is -1.03. The van der Waals surface area contributed by atoms with Crippen LogP contribution in [0.1, 0.15) is 32.0 Å². The van der Waals surface area contributed by atoms with E-state index >= 15 is 0 Å². The van der Waals surface area contributed by atoms with E-state index in [2.05, 4.69) is 22.1 Å². The first-order valence-corrected chi connectivity index (χ1v) is 5.82. The summed E-state index contributed by atoms with van der Waals surface area (Å²) < 4.78 is 39.1. The molecule has 0 amide bonds. The molecule has 0 aliphatic rings. The Morgan fingerprint density at radius 3 is 2.37 bits per heavy atom. The van der Waals surface area contributed by atoms with E-state index in [1.165, 1.54) is 7.05 Å². The summed E-state index contributed by atoms with van der Waals surface area (Å²) in [5, 5.41) is 8.44. The van der Waals surface area contributed by atoms with Crippen LogP contribution < -0.4 is 5.32 Å². The van der Waals surface area contributed by atoms with Crippen LogP contribution in [0.2, 0.25) is 0 Å². The Labute approximate surface area is 110 Å². The molecule has 106 valence electrons. The van der Waals surface area contributed by atoms with Crippen LogP contribution >= 0.6 is 0 Å². The molecule has 0 radical (unpaired) electrons. The second-order valence-electron chi connectivity index (χ2n) is 4.72. The van der Waals surface area contributed by atoms with Crippen LogP contribution in [-0.2, 0) is 11.6 Å². The third-order valence-corrected chi connectivity index (χ3v) is 3.08. The van der Waals surface area contributed by atoms with E-state index in [9.17, 15) is 13.2 Å². The van der Waals surface area contributed by atoms with Crippen molar-refractivity contribution in [2.75, 3.05) is 12.4 Å². The Morgan fingerprint density at radius 2 is 1.95 bits per heavy atom. The number of allylic oxidation sites excluding steroid dienone is 3. The Hall–Kier alpha value is -1.72. The number of H-pyrrole nitrogens is 1. The molecule has 2 N–H and O–H groups in total. The largest absolute Gasteiger partial charge is 0.433 e. The highest BCUT2D eigenvalue weighted by Gasteiger charge is 2.42. The van der Waals surface area contributed by atoms with Crippen LogP contribution in [0.5, 0.6) is 0 Å². The van der Waals surface area contributed by atoms with E-state index < -0.39 is 17.3 Å². The van der Waals surface area contributed by atoms with Gasteiger partial charge in [0.15, 0.2) is 5.82 Å². The third kappa shape index (κ3) is 2.83. The summed E-state index contributed by atoms with van der Waals surface area (Å²) in [6.45, 7) is 9.02. The maximum absolute atomic E-state index is 13.0. The lowest BCUT2D eigenvalue weighted by atomic mass is 9.77. The fourth-order valence-corrected chi connectivity index (χ4v) is 1.91. The molecule has 3 nitrogen and oxygen atoms in total.